The van der Waals surface area contributed by atoms with Crippen molar-refractivity contribution in [2.45, 2.75) is 30.2 Å². The lowest BCUT2D eigenvalue weighted by Gasteiger charge is -2.33. The number of nitrogens with zero attached hydrogens (tertiary/aromatic N) is 1. The monoisotopic (exact) mass is 309 g/mol. The molecule has 1 aromatic rings. The summed E-state index contributed by atoms with van der Waals surface area (Å²) in [5.41, 5.74) is 5.34. The molecule has 6 nitrogen and oxygen atoms in total. The first-order chi connectivity index (χ1) is 9.95. The molecular weight excluding hydrogens is 290 g/mol. The van der Waals surface area contributed by atoms with E-state index in [0.29, 0.717) is 31.6 Å². The molecule has 1 saturated heterocycles. The average Bonchev–Trinajstić information content (AvgIpc) is 2.45. The van der Waals surface area contributed by atoms with E-state index in [1.807, 2.05) is 6.92 Å². The zero-order valence-electron chi connectivity index (χ0n) is 11.9. The summed E-state index contributed by atoms with van der Waals surface area (Å²) in [6, 6.07) is 1.50. The van der Waals surface area contributed by atoms with E-state index in [1.165, 1.54) is 18.5 Å². The number of hydrogen-bond acceptors (Lipinski definition) is 5. The Labute approximate surface area is 125 Å². The second-order valence-corrected chi connectivity index (χ2v) is 6.88. The van der Waals surface area contributed by atoms with Crippen LogP contribution in [0.5, 0.6) is 0 Å². The smallest absolute Gasteiger partial charge is 0.242 e. The van der Waals surface area contributed by atoms with E-state index in [2.05, 4.69) is 21.5 Å². The van der Waals surface area contributed by atoms with Gasteiger partial charge in [0.2, 0.25) is 10.0 Å². The molecule has 3 N–H and O–H groups in total. The van der Waals surface area contributed by atoms with E-state index in [9.17, 15) is 8.42 Å². The Morgan fingerprint density at radius 1 is 1.43 bits per heavy atom. The van der Waals surface area contributed by atoms with Crippen LogP contribution in [0.25, 0.3) is 0 Å². The molecule has 21 heavy (non-hydrogen) atoms. The Morgan fingerprint density at radius 2 is 2.14 bits per heavy atom. The zero-order valence-corrected chi connectivity index (χ0v) is 12.7. The Morgan fingerprint density at radius 3 is 2.81 bits per heavy atom. The first-order valence-electron chi connectivity index (χ1n) is 6.71. The van der Waals surface area contributed by atoms with E-state index in [4.69, 9.17) is 10.5 Å². The van der Waals surface area contributed by atoms with Crippen LogP contribution in [0.3, 0.4) is 0 Å². The standard InChI is InChI=1S/C14H19N3O3S/c1-14(4-7-20-8-5-14)17-21(18,19)13-9-12(3-2-6-15)10-16-11-13/h9-11,17H,4-8,15H2,1H3. The van der Waals surface area contributed by atoms with Gasteiger partial charge in [0.25, 0.3) is 0 Å². The van der Waals surface area contributed by atoms with Crippen molar-refractivity contribution in [2.75, 3.05) is 19.8 Å². The molecule has 0 amide bonds. The van der Waals surface area contributed by atoms with Gasteiger partial charge in [0.1, 0.15) is 4.90 Å². The van der Waals surface area contributed by atoms with Crippen LogP contribution < -0.4 is 10.5 Å². The van der Waals surface area contributed by atoms with Gasteiger partial charge >= 0.3 is 0 Å². The van der Waals surface area contributed by atoms with Crippen molar-refractivity contribution < 1.29 is 13.2 Å². The van der Waals surface area contributed by atoms with Crippen LogP contribution in [0.4, 0.5) is 0 Å². The van der Waals surface area contributed by atoms with Crippen molar-refractivity contribution >= 4 is 10.0 Å². The van der Waals surface area contributed by atoms with Crippen LogP contribution >= 0.6 is 0 Å². The van der Waals surface area contributed by atoms with Crippen molar-refractivity contribution in [1.29, 1.82) is 0 Å². The van der Waals surface area contributed by atoms with Gasteiger partial charge in [-0.1, -0.05) is 11.8 Å². The molecule has 2 heterocycles. The molecule has 1 aliphatic heterocycles. The highest BCUT2D eigenvalue weighted by molar-refractivity contribution is 7.89. The highest BCUT2D eigenvalue weighted by Gasteiger charge is 2.32. The molecule has 1 aliphatic rings. The SMILES string of the molecule is CC1(NS(=O)(=O)c2cncc(C#CCN)c2)CCOCC1. The molecule has 7 heteroatoms. The summed E-state index contributed by atoms with van der Waals surface area (Å²) in [4.78, 5) is 4.04. The van der Waals surface area contributed by atoms with Gasteiger partial charge in [-0.15, -0.1) is 0 Å². The van der Waals surface area contributed by atoms with E-state index >= 15 is 0 Å². The predicted molar refractivity (Wildman–Crippen MR) is 78.9 cm³/mol. The van der Waals surface area contributed by atoms with Gasteiger partial charge in [-0.05, 0) is 25.8 Å². The van der Waals surface area contributed by atoms with Gasteiger partial charge in [-0.25, -0.2) is 13.1 Å². The van der Waals surface area contributed by atoms with Gasteiger partial charge in [-0.2, -0.15) is 0 Å². The third-order valence-electron chi connectivity index (χ3n) is 3.34. The summed E-state index contributed by atoms with van der Waals surface area (Å²) < 4.78 is 33.0. The Balaban J connectivity index is 2.23. The maximum atomic E-state index is 12.5. The molecule has 0 bridgehead atoms. The quantitative estimate of drug-likeness (QED) is 0.780. The van der Waals surface area contributed by atoms with Crippen molar-refractivity contribution in [3.05, 3.63) is 24.0 Å². The molecule has 0 aromatic carbocycles. The fourth-order valence-electron chi connectivity index (χ4n) is 2.09. The van der Waals surface area contributed by atoms with Crippen LogP contribution in [-0.2, 0) is 14.8 Å². The van der Waals surface area contributed by atoms with E-state index < -0.39 is 15.6 Å². The fraction of sp³-hybridized carbons (Fsp3) is 0.500. The van der Waals surface area contributed by atoms with Gasteiger partial charge in [0.05, 0.1) is 6.54 Å². The van der Waals surface area contributed by atoms with Gasteiger partial charge < -0.3 is 10.5 Å². The van der Waals surface area contributed by atoms with Crippen LogP contribution in [0.2, 0.25) is 0 Å². The second kappa shape index (κ2) is 6.54. The molecule has 1 fully saturated rings. The zero-order chi connectivity index (χ0) is 15.3. The molecule has 0 saturated carbocycles. The predicted octanol–water partition coefficient (Wildman–Crippen LogP) is 0.239. The second-order valence-electron chi connectivity index (χ2n) is 5.19. The van der Waals surface area contributed by atoms with Gasteiger partial charge in [0.15, 0.2) is 0 Å². The Bertz CT molecular complexity index is 656. The lowest BCUT2D eigenvalue weighted by atomic mass is 9.94. The maximum absolute atomic E-state index is 12.5. The lowest BCUT2D eigenvalue weighted by molar-refractivity contribution is 0.0537. The summed E-state index contributed by atoms with van der Waals surface area (Å²) in [7, 11) is -3.63. The summed E-state index contributed by atoms with van der Waals surface area (Å²) in [5, 5.41) is 0. The van der Waals surface area contributed by atoms with Crippen LogP contribution in [0, 0.1) is 11.8 Å². The van der Waals surface area contributed by atoms with Crippen LogP contribution in [-0.4, -0.2) is 38.7 Å². The van der Waals surface area contributed by atoms with E-state index in [0.717, 1.165) is 0 Å². The molecule has 0 aliphatic carbocycles. The molecule has 0 atom stereocenters. The molecule has 0 spiro atoms. The van der Waals surface area contributed by atoms with E-state index in [-0.39, 0.29) is 11.4 Å². The van der Waals surface area contributed by atoms with Crippen LogP contribution in [0.1, 0.15) is 25.3 Å². The lowest BCUT2D eigenvalue weighted by Crippen LogP contribution is -2.49. The minimum absolute atomic E-state index is 0.110. The normalized spacial score (nSPS) is 17.8. The highest BCUT2D eigenvalue weighted by atomic mass is 32.2. The first kappa shape index (κ1) is 15.9. The maximum Gasteiger partial charge on any atom is 0.242 e. The number of ether oxygens (including phenoxy) is 1. The number of pyridine rings is 1. The summed E-state index contributed by atoms with van der Waals surface area (Å²) in [6.07, 6.45) is 4.12. The van der Waals surface area contributed by atoms with Gasteiger partial charge in [0, 0.05) is 36.7 Å². The summed E-state index contributed by atoms with van der Waals surface area (Å²) >= 11 is 0. The molecule has 114 valence electrons. The summed E-state index contributed by atoms with van der Waals surface area (Å²) in [5.74, 6) is 5.46. The third kappa shape index (κ3) is 4.25. The van der Waals surface area contributed by atoms with Crippen molar-refractivity contribution in [3.8, 4) is 11.8 Å². The van der Waals surface area contributed by atoms with Gasteiger partial charge in [-0.3, -0.25) is 4.98 Å². The molecule has 1 aromatic heterocycles. The number of aromatic nitrogens is 1. The number of nitrogens with one attached hydrogen (secondary N) is 1. The third-order valence-corrected chi connectivity index (χ3v) is 4.94. The topological polar surface area (TPSA) is 94.3 Å². The number of nitrogens with two attached hydrogens (primary N) is 1. The molecule has 0 unspecified atom stereocenters. The Hall–Kier alpha value is -1.46. The molecule has 0 radical (unpaired) electrons. The van der Waals surface area contributed by atoms with Crippen molar-refractivity contribution in [2.24, 2.45) is 5.73 Å². The van der Waals surface area contributed by atoms with Crippen LogP contribution in [0.15, 0.2) is 23.4 Å². The number of hydrogen-bond donors (Lipinski definition) is 2. The minimum Gasteiger partial charge on any atom is -0.381 e. The Kier molecular flexibility index (Phi) is 4.96. The number of rotatable bonds is 3. The molecule has 2 rings (SSSR count). The fourth-order valence-corrected chi connectivity index (χ4v) is 3.55. The average molecular weight is 309 g/mol. The molecular formula is C14H19N3O3S. The van der Waals surface area contributed by atoms with Crippen molar-refractivity contribution in [3.63, 3.8) is 0 Å². The largest absolute Gasteiger partial charge is 0.381 e. The van der Waals surface area contributed by atoms with Crippen molar-refractivity contribution in [1.82, 2.24) is 9.71 Å². The minimum atomic E-state index is -3.63. The highest BCUT2D eigenvalue weighted by Crippen LogP contribution is 2.22. The van der Waals surface area contributed by atoms with E-state index in [1.54, 1.807) is 0 Å². The first-order valence-corrected chi connectivity index (χ1v) is 8.19. The summed E-state index contributed by atoms with van der Waals surface area (Å²) in [6.45, 7) is 3.21. The number of sulfonamides is 1.